The van der Waals surface area contributed by atoms with Crippen molar-refractivity contribution in [3.63, 3.8) is 0 Å². The number of methoxy groups -OCH3 is 1. The molecule has 0 spiro atoms. The van der Waals surface area contributed by atoms with Gasteiger partial charge < -0.3 is 9.47 Å². The first kappa shape index (κ1) is 21.1. The molecule has 1 fully saturated rings. The predicted molar refractivity (Wildman–Crippen MR) is 112 cm³/mol. The number of rotatable bonds is 8. The van der Waals surface area contributed by atoms with Crippen LogP contribution in [0.2, 0.25) is 0 Å². The molecule has 0 aromatic heterocycles. The van der Waals surface area contributed by atoms with E-state index in [1.54, 1.807) is 31.4 Å². The van der Waals surface area contributed by atoms with Crippen LogP contribution in [0, 0.1) is 0 Å². The van der Waals surface area contributed by atoms with Gasteiger partial charge in [0.05, 0.1) is 18.6 Å². The molecule has 2 aromatic carbocycles. The van der Waals surface area contributed by atoms with Crippen LogP contribution in [0.3, 0.4) is 0 Å². The van der Waals surface area contributed by atoms with E-state index in [1.165, 1.54) is 22.5 Å². The molecule has 1 heterocycles. The van der Waals surface area contributed by atoms with Gasteiger partial charge in [0.25, 0.3) is 0 Å². The average Bonchev–Trinajstić information content (AvgIpc) is 3.28. The fourth-order valence-electron chi connectivity index (χ4n) is 3.28. The number of ketones is 1. The topological polar surface area (TPSA) is 72.9 Å². The van der Waals surface area contributed by atoms with Crippen LogP contribution in [0.15, 0.2) is 53.4 Å². The third kappa shape index (κ3) is 4.68. The number of hydrogen-bond acceptors (Lipinski definition) is 5. The highest BCUT2D eigenvalue weighted by Crippen LogP contribution is 2.32. The van der Waals surface area contributed by atoms with Gasteiger partial charge in [0.15, 0.2) is 17.3 Å². The summed E-state index contributed by atoms with van der Waals surface area (Å²) >= 11 is 0. The normalized spacial score (nSPS) is 15.0. The fourth-order valence-corrected chi connectivity index (χ4v) is 4.80. The lowest BCUT2D eigenvalue weighted by atomic mass is 10.1. The first-order valence-corrected chi connectivity index (χ1v) is 11.0. The third-order valence-electron chi connectivity index (χ3n) is 4.77. The first-order valence-electron chi connectivity index (χ1n) is 9.59. The van der Waals surface area contributed by atoms with E-state index in [-0.39, 0.29) is 10.7 Å². The number of benzene rings is 2. The van der Waals surface area contributed by atoms with Gasteiger partial charge in [-0.1, -0.05) is 12.1 Å². The number of para-hydroxylation sites is 1. The fraction of sp³-hybridized carbons (Fsp3) is 0.318. The summed E-state index contributed by atoms with van der Waals surface area (Å²) in [4.78, 5) is 12.7. The van der Waals surface area contributed by atoms with Crippen molar-refractivity contribution < 1.29 is 22.7 Å². The highest BCUT2D eigenvalue weighted by molar-refractivity contribution is 7.89. The number of carbonyl (C=O) groups excluding carboxylic acids is 1. The maximum atomic E-state index is 12.6. The largest absolute Gasteiger partial charge is 0.492 e. The van der Waals surface area contributed by atoms with Crippen molar-refractivity contribution in [2.24, 2.45) is 0 Å². The number of carbonyl (C=O) groups is 1. The van der Waals surface area contributed by atoms with E-state index >= 15 is 0 Å². The van der Waals surface area contributed by atoms with Gasteiger partial charge in [-0.05, 0) is 62.2 Å². The average molecular weight is 416 g/mol. The zero-order valence-corrected chi connectivity index (χ0v) is 17.4. The minimum absolute atomic E-state index is 0.214. The Morgan fingerprint density at radius 1 is 1.10 bits per heavy atom. The molecule has 2 aromatic rings. The number of nitrogens with zero attached hydrogens (tertiary/aromatic N) is 1. The second-order valence-corrected chi connectivity index (χ2v) is 8.58. The standard InChI is InChI=1S/C22H25NO5S/c1-3-28-21-8-6-7-18(22(21)27-2)11-14-20(24)17-9-12-19(13-10-17)29(25,26)23-15-4-5-16-23/h6-14H,3-5,15-16H2,1-2H3/b14-11+. The molecule has 0 bridgehead atoms. The van der Waals surface area contributed by atoms with Crippen LogP contribution < -0.4 is 9.47 Å². The number of allylic oxidation sites excluding steroid dienone is 1. The molecule has 0 saturated carbocycles. The SMILES string of the molecule is CCOc1cccc(/C=C/C(=O)c2ccc(S(=O)(=O)N3CCCC3)cc2)c1OC. The number of sulfonamides is 1. The Kier molecular flexibility index (Phi) is 6.71. The third-order valence-corrected chi connectivity index (χ3v) is 6.68. The van der Waals surface area contributed by atoms with E-state index in [0.717, 1.165) is 18.4 Å². The van der Waals surface area contributed by atoms with E-state index in [0.29, 0.717) is 36.8 Å². The summed E-state index contributed by atoms with van der Waals surface area (Å²) in [6.07, 6.45) is 4.87. The Balaban J connectivity index is 1.77. The van der Waals surface area contributed by atoms with Crippen molar-refractivity contribution in [2.75, 3.05) is 26.8 Å². The van der Waals surface area contributed by atoms with Crippen LogP contribution in [-0.2, 0) is 10.0 Å². The lowest BCUT2D eigenvalue weighted by molar-refractivity contribution is 0.104. The highest BCUT2D eigenvalue weighted by atomic mass is 32.2. The van der Waals surface area contributed by atoms with Gasteiger partial charge >= 0.3 is 0 Å². The molecule has 1 saturated heterocycles. The molecular weight excluding hydrogens is 390 g/mol. The first-order chi connectivity index (χ1) is 14.0. The van der Waals surface area contributed by atoms with Crippen LogP contribution in [0.25, 0.3) is 6.08 Å². The van der Waals surface area contributed by atoms with Gasteiger partial charge in [-0.15, -0.1) is 0 Å². The minimum atomic E-state index is -3.48. The van der Waals surface area contributed by atoms with Gasteiger partial charge in [-0.3, -0.25) is 4.79 Å². The van der Waals surface area contributed by atoms with Crippen molar-refractivity contribution in [3.05, 3.63) is 59.7 Å². The lowest BCUT2D eigenvalue weighted by Crippen LogP contribution is -2.27. The van der Waals surface area contributed by atoms with Gasteiger partial charge in [0.1, 0.15) is 0 Å². The van der Waals surface area contributed by atoms with E-state index in [9.17, 15) is 13.2 Å². The van der Waals surface area contributed by atoms with Crippen molar-refractivity contribution >= 4 is 21.9 Å². The zero-order valence-electron chi connectivity index (χ0n) is 16.6. The number of ether oxygens (including phenoxy) is 2. The van der Waals surface area contributed by atoms with Crippen molar-refractivity contribution in [1.29, 1.82) is 0 Å². The second-order valence-electron chi connectivity index (χ2n) is 6.64. The van der Waals surface area contributed by atoms with E-state index in [2.05, 4.69) is 0 Å². The summed E-state index contributed by atoms with van der Waals surface area (Å²) in [5, 5.41) is 0. The predicted octanol–water partition coefficient (Wildman–Crippen LogP) is 3.77. The molecule has 3 rings (SSSR count). The molecule has 0 atom stereocenters. The van der Waals surface area contributed by atoms with Crippen LogP contribution in [-0.4, -0.2) is 45.3 Å². The Labute approximate surface area is 171 Å². The monoisotopic (exact) mass is 415 g/mol. The maximum absolute atomic E-state index is 12.6. The van der Waals surface area contributed by atoms with Crippen LogP contribution >= 0.6 is 0 Å². The molecule has 7 heteroatoms. The van der Waals surface area contributed by atoms with Crippen LogP contribution in [0.5, 0.6) is 11.5 Å². The van der Waals surface area contributed by atoms with Gasteiger partial charge in [-0.25, -0.2) is 8.42 Å². The lowest BCUT2D eigenvalue weighted by Gasteiger charge is -2.15. The van der Waals surface area contributed by atoms with Crippen LogP contribution in [0.1, 0.15) is 35.7 Å². The Hall–Kier alpha value is -2.64. The van der Waals surface area contributed by atoms with Gasteiger partial charge in [0, 0.05) is 24.2 Å². The van der Waals surface area contributed by atoms with Crippen LogP contribution in [0.4, 0.5) is 0 Å². The molecule has 154 valence electrons. The zero-order chi connectivity index (χ0) is 20.9. The van der Waals surface area contributed by atoms with E-state index < -0.39 is 10.0 Å². The Morgan fingerprint density at radius 3 is 2.41 bits per heavy atom. The summed E-state index contributed by atoms with van der Waals surface area (Å²) in [7, 11) is -1.93. The molecule has 0 N–H and O–H groups in total. The van der Waals surface area contributed by atoms with E-state index in [4.69, 9.17) is 9.47 Å². The molecule has 1 aliphatic rings. The molecule has 0 aliphatic carbocycles. The Bertz CT molecular complexity index is 990. The molecule has 1 aliphatic heterocycles. The van der Waals surface area contributed by atoms with Crippen molar-refractivity contribution in [3.8, 4) is 11.5 Å². The summed E-state index contributed by atoms with van der Waals surface area (Å²) < 4.78 is 37.6. The highest BCUT2D eigenvalue weighted by Gasteiger charge is 2.27. The maximum Gasteiger partial charge on any atom is 0.243 e. The second kappa shape index (κ2) is 9.24. The molecule has 29 heavy (non-hydrogen) atoms. The number of hydrogen-bond donors (Lipinski definition) is 0. The molecule has 0 radical (unpaired) electrons. The van der Waals surface area contributed by atoms with E-state index in [1.807, 2.05) is 19.1 Å². The molecule has 0 unspecified atom stereocenters. The molecule has 6 nitrogen and oxygen atoms in total. The van der Waals surface area contributed by atoms with Gasteiger partial charge in [0.2, 0.25) is 10.0 Å². The van der Waals surface area contributed by atoms with Crippen molar-refractivity contribution in [1.82, 2.24) is 4.31 Å². The Morgan fingerprint density at radius 2 is 1.79 bits per heavy atom. The summed E-state index contributed by atoms with van der Waals surface area (Å²) in [6, 6.07) is 11.5. The summed E-state index contributed by atoms with van der Waals surface area (Å²) in [5.74, 6) is 0.950. The summed E-state index contributed by atoms with van der Waals surface area (Å²) in [6.45, 7) is 3.50. The quantitative estimate of drug-likeness (QED) is 0.485. The van der Waals surface area contributed by atoms with Crippen molar-refractivity contribution in [2.45, 2.75) is 24.7 Å². The minimum Gasteiger partial charge on any atom is -0.492 e. The summed E-state index contributed by atoms with van der Waals surface area (Å²) in [5.41, 5.74) is 1.14. The van der Waals surface area contributed by atoms with Gasteiger partial charge in [-0.2, -0.15) is 4.31 Å². The molecule has 0 amide bonds. The molecular formula is C22H25NO5S. The smallest absolute Gasteiger partial charge is 0.243 e.